The van der Waals surface area contributed by atoms with Crippen molar-refractivity contribution in [2.45, 2.75) is 6.92 Å². The number of carbonyl (C=O) groups is 1. The van der Waals surface area contributed by atoms with Gasteiger partial charge < -0.3 is 5.32 Å². The molecule has 0 saturated carbocycles. The highest BCUT2D eigenvalue weighted by molar-refractivity contribution is 9.10. The molecular weight excluding hydrogens is 360 g/mol. The van der Waals surface area contributed by atoms with Gasteiger partial charge in [0, 0.05) is 22.2 Å². The highest BCUT2D eigenvalue weighted by atomic mass is 79.9. The molecule has 5 nitrogen and oxygen atoms in total. The van der Waals surface area contributed by atoms with Crippen LogP contribution in [-0.4, -0.2) is 10.8 Å². The summed E-state index contributed by atoms with van der Waals surface area (Å²) >= 11 is 9.26. The van der Waals surface area contributed by atoms with Crippen LogP contribution in [0.2, 0.25) is 5.02 Å². The van der Waals surface area contributed by atoms with Crippen LogP contribution in [0.1, 0.15) is 15.9 Å². The molecule has 0 atom stereocenters. The van der Waals surface area contributed by atoms with E-state index in [0.717, 1.165) is 10.0 Å². The molecule has 0 aliphatic carbocycles. The fourth-order valence-corrected chi connectivity index (χ4v) is 2.61. The molecule has 108 valence electrons. The van der Waals surface area contributed by atoms with Crippen molar-refractivity contribution >= 4 is 44.8 Å². The molecule has 1 N–H and O–H groups in total. The lowest BCUT2D eigenvalue weighted by Gasteiger charge is -2.08. The van der Waals surface area contributed by atoms with Gasteiger partial charge in [0.25, 0.3) is 11.6 Å². The molecule has 21 heavy (non-hydrogen) atoms. The minimum absolute atomic E-state index is 0.115. The number of amides is 1. The Labute approximate surface area is 134 Å². The predicted molar refractivity (Wildman–Crippen MR) is 84.9 cm³/mol. The number of halogens is 2. The highest BCUT2D eigenvalue weighted by Gasteiger charge is 2.13. The minimum atomic E-state index is -0.546. The zero-order valence-corrected chi connectivity index (χ0v) is 13.2. The number of hydrogen-bond donors (Lipinski definition) is 1. The number of non-ortho nitro benzene ring substituents is 1. The van der Waals surface area contributed by atoms with Crippen molar-refractivity contribution in [3.05, 3.63) is 67.1 Å². The first kappa shape index (κ1) is 15.5. The summed E-state index contributed by atoms with van der Waals surface area (Å²) in [5, 5.41) is 13.4. The highest BCUT2D eigenvalue weighted by Crippen LogP contribution is 2.27. The molecule has 7 heteroatoms. The number of rotatable bonds is 3. The molecule has 0 heterocycles. The Morgan fingerprint density at radius 2 is 2.00 bits per heavy atom. The largest absolute Gasteiger partial charge is 0.321 e. The Hall–Kier alpha value is -1.92. The number of aryl methyl sites for hydroxylation is 1. The zero-order chi connectivity index (χ0) is 15.6. The summed E-state index contributed by atoms with van der Waals surface area (Å²) in [6.45, 7) is 1.88. The van der Waals surface area contributed by atoms with Crippen molar-refractivity contribution in [1.82, 2.24) is 0 Å². The molecule has 0 saturated heterocycles. The molecule has 2 aromatic rings. The topological polar surface area (TPSA) is 72.2 Å². The fourth-order valence-electron chi connectivity index (χ4n) is 1.78. The Morgan fingerprint density at radius 1 is 1.29 bits per heavy atom. The number of anilines is 1. The third kappa shape index (κ3) is 3.80. The molecule has 0 unspecified atom stereocenters. The van der Waals surface area contributed by atoms with E-state index in [9.17, 15) is 14.9 Å². The summed E-state index contributed by atoms with van der Waals surface area (Å²) in [5.41, 5.74) is 1.60. The maximum Gasteiger partial charge on any atom is 0.271 e. The lowest BCUT2D eigenvalue weighted by molar-refractivity contribution is -0.384. The number of nitrogens with one attached hydrogen (secondary N) is 1. The van der Waals surface area contributed by atoms with Crippen LogP contribution < -0.4 is 5.32 Å². The van der Waals surface area contributed by atoms with E-state index in [1.54, 1.807) is 12.1 Å². The van der Waals surface area contributed by atoms with Gasteiger partial charge in [-0.25, -0.2) is 0 Å². The average Bonchev–Trinajstić information content (AvgIpc) is 2.39. The molecule has 2 aromatic carbocycles. The van der Waals surface area contributed by atoms with Gasteiger partial charge in [0.05, 0.1) is 15.6 Å². The Kier molecular flexibility index (Phi) is 4.59. The number of benzene rings is 2. The van der Waals surface area contributed by atoms with E-state index < -0.39 is 4.92 Å². The molecule has 0 fully saturated rings. The van der Waals surface area contributed by atoms with Crippen molar-refractivity contribution in [2.75, 3.05) is 5.32 Å². The maximum absolute atomic E-state index is 12.2. The average molecular weight is 370 g/mol. The van der Waals surface area contributed by atoms with Gasteiger partial charge in [-0.2, -0.15) is 0 Å². The van der Waals surface area contributed by atoms with E-state index in [1.807, 2.05) is 13.0 Å². The standard InChI is InChI=1S/C14H10BrClN2O3/c1-8-4-9(6-10(15)5-8)14(19)17-13-3-2-11(18(20)21)7-12(13)16/h2-7H,1H3,(H,17,19). The minimum Gasteiger partial charge on any atom is -0.321 e. The van der Waals surface area contributed by atoms with Crippen molar-refractivity contribution in [2.24, 2.45) is 0 Å². The number of hydrogen-bond acceptors (Lipinski definition) is 3. The second-order valence-corrected chi connectivity index (χ2v) is 5.72. The van der Waals surface area contributed by atoms with Gasteiger partial charge in [-0.15, -0.1) is 0 Å². The van der Waals surface area contributed by atoms with Gasteiger partial charge in [-0.1, -0.05) is 27.5 Å². The van der Waals surface area contributed by atoms with E-state index in [2.05, 4.69) is 21.2 Å². The smallest absolute Gasteiger partial charge is 0.271 e. The molecule has 0 aliphatic heterocycles. The first-order valence-electron chi connectivity index (χ1n) is 5.89. The van der Waals surface area contributed by atoms with E-state index in [-0.39, 0.29) is 16.6 Å². The van der Waals surface area contributed by atoms with Crippen LogP contribution in [0.4, 0.5) is 11.4 Å². The van der Waals surface area contributed by atoms with E-state index in [0.29, 0.717) is 11.3 Å². The van der Waals surface area contributed by atoms with Crippen molar-refractivity contribution in [3.63, 3.8) is 0 Å². The molecule has 0 aliphatic rings. The number of nitro groups is 1. The fraction of sp³-hybridized carbons (Fsp3) is 0.0714. The Bertz CT molecular complexity index is 714. The summed E-state index contributed by atoms with van der Waals surface area (Å²) in [7, 11) is 0. The van der Waals surface area contributed by atoms with Crippen LogP contribution in [0, 0.1) is 17.0 Å². The molecule has 0 spiro atoms. The van der Waals surface area contributed by atoms with Crippen molar-refractivity contribution in [1.29, 1.82) is 0 Å². The van der Waals surface area contributed by atoms with Gasteiger partial charge in [-0.05, 0) is 36.8 Å². The van der Waals surface area contributed by atoms with Crippen LogP contribution in [0.5, 0.6) is 0 Å². The van der Waals surface area contributed by atoms with E-state index >= 15 is 0 Å². The molecular formula is C14H10BrClN2O3. The molecule has 1 amide bonds. The third-order valence-corrected chi connectivity index (χ3v) is 3.49. The van der Waals surface area contributed by atoms with Crippen molar-refractivity contribution < 1.29 is 9.72 Å². The van der Waals surface area contributed by atoms with Crippen LogP contribution >= 0.6 is 27.5 Å². The summed E-state index contributed by atoms with van der Waals surface area (Å²) < 4.78 is 0.794. The van der Waals surface area contributed by atoms with E-state index in [4.69, 9.17) is 11.6 Å². The molecule has 2 rings (SSSR count). The number of nitro benzene ring substituents is 1. The first-order valence-corrected chi connectivity index (χ1v) is 7.06. The van der Waals surface area contributed by atoms with Crippen LogP contribution in [0.25, 0.3) is 0 Å². The van der Waals surface area contributed by atoms with Gasteiger partial charge in [0.2, 0.25) is 0 Å². The summed E-state index contributed by atoms with van der Waals surface area (Å²) in [4.78, 5) is 22.3. The predicted octanol–water partition coefficient (Wildman–Crippen LogP) is 4.57. The lowest BCUT2D eigenvalue weighted by atomic mass is 10.1. The van der Waals surface area contributed by atoms with Crippen LogP contribution in [-0.2, 0) is 0 Å². The second-order valence-electron chi connectivity index (χ2n) is 4.39. The maximum atomic E-state index is 12.2. The normalized spacial score (nSPS) is 10.2. The zero-order valence-electron chi connectivity index (χ0n) is 10.9. The Morgan fingerprint density at radius 3 is 2.57 bits per heavy atom. The quantitative estimate of drug-likeness (QED) is 0.636. The van der Waals surface area contributed by atoms with Gasteiger partial charge in [-0.3, -0.25) is 14.9 Å². The summed E-state index contributed by atoms with van der Waals surface area (Å²) in [5.74, 6) is -0.338. The second kappa shape index (κ2) is 6.24. The van der Waals surface area contributed by atoms with Crippen LogP contribution in [0.15, 0.2) is 40.9 Å². The van der Waals surface area contributed by atoms with Gasteiger partial charge in [0.15, 0.2) is 0 Å². The molecule has 0 bridgehead atoms. The molecule has 0 aromatic heterocycles. The monoisotopic (exact) mass is 368 g/mol. The Balaban J connectivity index is 2.25. The summed E-state index contributed by atoms with van der Waals surface area (Å²) in [6, 6.07) is 9.19. The number of nitrogens with zero attached hydrogens (tertiary/aromatic N) is 1. The van der Waals surface area contributed by atoms with Crippen molar-refractivity contribution in [3.8, 4) is 0 Å². The lowest BCUT2D eigenvalue weighted by Crippen LogP contribution is -2.12. The molecule has 0 radical (unpaired) electrons. The van der Waals surface area contributed by atoms with E-state index in [1.165, 1.54) is 18.2 Å². The van der Waals surface area contributed by atoms with Crippen LogP contribution in [0.3, 0.4) is 0 Å². The number of carbonyl (C=O) groups excluding carboxylic acids is 1. The summed E-state index contributed by atoms with van der Waals surface area (Å²) in [6.07, 6.45) is 0. The van der Waals surface area contributed by atoms with Gasteiger partial charge >= 0.3 is 0 Å². The third-order valence-electron chi connectivity index (χ3n) is 2.72. The first-order chi connectivity index (χ1) is 9.86. The SMILES string of the molecule is Cc1cc(Br)cc(C(=O)Nc2ccc([N+](=O)[O-])cc2Cl)c1. The van der Waals surface area contributed by atoms with Gasteiger partial charge in [0.1, 0.15) is 0 Å².